The number of piperidine rings is 1. The predicted molar refractivity (Wildman–Crippen MR) is 100 cm³/mol. The molecule has 2 aliphatic rings. The number of anilines is 2. The quantitative estimate of drug-likeness (QED) is 0.801. The molecule has 0 atom stereocenters. The van der Waals surface area contributed by atoms with Gasteiger partial charge in [0, 0.05) is 19.2 Å². The highest BCUT2D eigenvalue weighted by Crippen LogP contribution is 2.29. The molecule has 1 fully saturated rings. The molecule has 2 aliphatic heterocycles. The zero-order valence-corrected chi connectivity index (χ0v) is 15.2. The third kappa shape index (κ3) is 4.51. The van der Waals surface area contributed by atoms with E-state index in [0.717, 1.165) is 24.6 Å². The lowest BCUT2D eigenvalue weighted by atomic mass is 9.99. The number of likely N-dealkylation sites (N-methyl/N-ethyl adjacent to an activating group) is 1. The van der Waals surface area contributed by atoms with Crippen molar-refractivity contribution in [2.75, 3.05) is 50.0 Å². The number of benzene rings is 1. The number of fused-ring (bicyclic) bond motifs is 1. The lowest BCUT2D eigenvalue weighted by molar-refractivity contribution is -0.115. The Morgan fingerprint density at radius 3 is 2.84 bits per heavy atom. The van der Waals surface area contributed by atoms with E-state index in [1.807, 2.05) is 24.1 Å². The molecule has 6 nitrogen and oxygen atoms in total. The second kappa shape index (κ2) is 7.87. The van der Waals surface area contributed by atoms with Crippen molar-refractivity contribution in [3.8, 4) is 0 Å². The predicted octanol–water partition coefficient (Wildman–Crippen LogP) is 1.93. The van der Waals surface area contributed by atoms with Crippen LogP contribution in [-0.2, 0) is 4.79 Å². The first-order valence-electron chi connectivity index (χ1n) is 9.18. The molecule has 0 saturated carbocycles. The van der Waals surface area contributed by atoms with E-state index in [9.17, 15) is 9.59 Å². The van der Waals surface area contributed by atoms with Gasteiger partial charge >= 0.3 is 0 Å². The second-order valence-electron chi connectivity index (χ2n) is 7.27. The van der Waals surface area contributed by atoms with Crippen LogP contribution in [0.4, 0.5) is 11.4 Å². The summed E-state index contributed by atoms with van der Waals surface area (Å²) >= 11 is 0. The molecule has 2 N–H and O–H groups in total. The van der Waals surface area contributed by atoms with E-state index in [-0.39, 0.29) is 11.8 Å². The first-order valence-corrected chi connectivity index (χ1v) is 9.18. The summed E-state index contributed by atoms with van der Waals surface area (Å²) in [5.41, 5.74) is 2.23. The Balaban J connectivity index is 1.47. The van der Waals surface area contributed by atoms with Gasteiger partial charge in [-0.15, -0.1) is 0 Å². The monoisotopic (exact) mass is 344 g/mol. The van der Waals surface area contributed by atoms with Gasteiger partial charge in [0.2, 0.25) is 5.91 Å². The van der Waals surface area contributed by atoms with E-state index in [4.69, 9.17) is 0 Å². The number of carbonyl (C=O) groups is 2. The van der Waals surface area contributed by atoms with E-state index < -0.39 is 0 Å². The fourth-order valence-electron chi connectivity index (χ4n) is 3.49. The third-order valence-electron chi connectivity index (χ3n) is 5.14. The normalized spacial score (nSPS) is 18.6. The Morgan fingerprint density at radius 2 is 2.08 bits per heavy atom. The topological polar surface area (TPSA) is 64.7 Å². The number of hydrogen-bond acceptors (Lipinski definition) is 4. The van der Waals surface area contributed by atoms with Crippen LogP contribution in [0, 0.1) is 5.92 Å². The van der Waals surface area contributed by atoms with Crippen LogP contribution >= 0.6 is 0 Å². The molecule has 3 rings (SSSR count). The molecule has 0 bridgehead atoms. The Bertz CT molecular complexity index is 638. The number of carbonyl (C=O) groups excluding carboxylic acids is 2. The van der Waals surface area contributed by atoms with Crippen molar-refractivity contribution in [1.82, 2.24) is 10.2 Å². The number of likely N-dealkylation sites (tertiary alicyclic amines) is 1. The molecule has 2 amide bonds. The lowest BCUT2D eigenvalue weighted by Gasteiger charge is -2.30. The lowest BCUT2D eigenvalue weighted by Crippen LogP contribution is -2.36. The zero-order chi connectivity index (χ0) is 17.8. The van der Waals surface area contributed by atoms with Crippen molar-refractivity contribution in [1.29, 1.82) is 0 Å². The van der Waals surface area contributed by atoms with Gasteiger partial charge in [-0.1, -0.05) is 6.92 Å². The van der Waals surface area contributed by atoms with E-state index >= 15 is 0 Å². The molecule has 136 valence electrons. The van der Waals surface area contributed by atoms with Gasteiger partial charge in [-0.2, -0.15) is 0 Å². The number of rotatable bonds is 5. The highest BCUT2D eigenvalue weighted by Gasteiger charge is 2.20. The number of amides is 2. The van der Waals surface area contributed by atoms with Crippen LogP contribution < -0.4 is 15.5 Å². The first kappa shape index (κ1) is 17.7. The summed E-state index contributed by atoms with van der Waals surface area (Å²) in [4.78, 5) is 28.3. The van der Waals surface area contributed by atoms with Crippen molar-refractivity contribution < 1.29 is 9.59 Å². The molecule has 0 spiro atoms. The van der Waals surface area contributed by atoms with Crippen molar-refractivity contribution >= 4 is 23.2 Å². The first-order chi connectivity index (χ1) is 12.0. The molecule has 1 aromatic carbocycles. The van der Waals surface area contributed by atoms with Crippen LogP contribution in [0.5, 0.6) is 0 Å². The van der Waals surface area contributed by atoms with Gasteiger partial charge in [0.05, 0.1) is 17.9 Å². The van der Waals surface area contributed by atoms with Gasteiger partial charge in [0.25, 0.3) is 5.91 Å². The molecular formula is C19H28N4O2. The zero-order valence-electron chi connectivity index (χ0n) is 15.2. The van der Waals surface area contributed by atoms with Gasteiger partial charge in [-0.25, -0.2) is 0 Å². The Labute approximate surface area is 149 Å². The van der Waals surface area contributed by atoms with E-state index in [1.165, 1.54) is 25.9 Å². The summed E-state index contributed by atoms with van der Waals surface area (Å²) in [7, 11) is 1.87. The summed E-state index contributed by atoms with van der Waals surface area (Å²) in [6.45, 7) is 6.72. The van der Waals surface area contributed by atoms with Gasteiger partial charge in [-0.05, 0) is 63.0 Å². The SMILES string of the molecule is CC1CCN(CCCNC(=O)c2ccc3c(c2)NC(=O)CN3C)CC1. The summed E-state index contributed by atoms with van der Waals surface area (Å²) in [6, 6.07) is 5.46. The molecule has 0 aliphatic carbocycles. The minimum atomic E-state index is -0.0856. The molecule has 0 aromatic heterocycles. The van der Waals surface area contributed by atoms with E-state index in [0.29, 0.717) is 24.3 Å². The Hall–Kier alpha value is -2.08. The third-order valence-corrected chi connectivity index (χ3v) is 5.14. The number of nitrogens with zero attached hydrogens (tertiary/aromatic N) is 2. The standard InChI is InChI=1S/C19H28N4O2/c1-14-6-10-23(11-7-14)9-3-8-20-19(25)15-4-5-17-16(12-15)21-18(24)13-22(17)2/h4-5,12,14H,3,6-11,13H2,1-2H3,(H,20,25)(H,21,24). The minimum Gasteiger partial charge on any atom is -0.364 e. The maximum atomic E-state index is 12.3. The number of nitrogens with one attached hydrogen (secondary N) is 2. The fourth-order valence-corrected chi connectivity index (χ4v) is 3.49. The van der Waals surface area contributed by atoms with E-state index in [2.05, 4.69) is 22.5 Å². The summed E-state index contributed by atoms with van der Waals surface area (Å²) < 4.78 is 0. The highest BCUT2D eigenvalue weighted by atomic mass is 16.2. The molecular weight excluding hydrogens is 316 g/mol. The molecule has 1 aromatic rings. The van der Waals surface area contributed by atoms with Crippen LogP contribution in [0.3, 0.4) is 0 Å². The maximum absolute atomic E-state index is 12.3. The minimum absolute atomic E-state index is 0.0524. The van der Waals surface area contributed by atoms with Gasteiger partial charge < -0.3 is 20.4 Å². The molecule has 25 heavy (non-hydrogen) atoms. The maximum Gasteiger partial charge on any atom is 0.251 e. The fraction of sp³-hybridized carbons (Fsp3) is 0.579. The average Bonchev–Trinajstić information content (AvgIpc) is 2.59. The van der Waals surface area contributed by atoms with Gasteiger partial charge in [0.15, 0.2) is 0 Å². The van der Waals surface area contributed by atoms with Crippen LogP contribution in [-0.4, -0.2) is 56.5 Å². The summed E-state index contributed by atoms with van der Waals surface area (Å²) in [5.74, 6) is 0.709. The number of hydrogen-bond donors (Lipinski definition) is 2. The van der Waals surface area contributed by atoms with Crippen LogP contribution in [0.1, 0.15) is 36.5 Å². The van der Waals surface area contributed by atoms with Crippen LogP contribution in [0.25, 0.3) is 0 Å². The summed E-state index contributed by atoms with van der Waals surface area (Å²) in [5, 5.41) is 5.82. The van der Waals surface area contributed by atoms with Crippen molar-refractivity contribution in [3.63, 3.8) is 0 Å². The van der Waals surface area contributed by atoms with Crippen molar-refractivity contribution in [3.05, 3.63) is 23.8 Å². The largest absolute Gasteiger partial charge is 0.364 e. The summed E-state index contributed by atoms with van der Waals surface area (Å²) in [6.07, 6.45) is 3.52. The van der Waals surface area contributed by atoms with Gasteiger partial charge in [0.1, 0.15) is 0 Å². The molecule has 2 heterocycles. The highest BCUT2D eigenvalue weighted by molar-refractivity contribution is 6.03. The van der Waals surface area contributed by atoms with Gasteiger partial charge in [-0.3, -0.25) is 9.59 Å². The van der Waals surface area contributed by atoms with Crippen LogP contribution in [0.15, 0.2) is 18.2 Å². The van der Waals surface area contributed by atoms with E-state index in [1.54, 1.807) is 6.07 Å². The van der Waals surface area contributed by atoms with Crippen molar-refractivity contribution in [2.45, 2.75) is 26.2 Å². The molecule has 1 saturated heterocycles. The smallest absolute Gasteiger partial charge is 0.251 e. The second-order valence-corrected chi connectivity index (χ2v) is 7.27. The van der Waals surface area contributed by atoms with Crippen LogP contribution in [0.2, 0.25) is 0 Å². The average molecular weight is 344 g/mol. The molecule has 6 heteroatoms. The Morgan fingerprint density at radius 1 is 1.32 bits per heavy atom. The molecule has 0 radical (unpaired) electrons. The molecule has 0 unspecified atom stereocenters. The van der Waals surface area contributed by atoms with Crippen molar-refractivity contribution in [2.24, 2.45) is 5.92 Å². The Kier molecular flexibility index (Phi) is 5.58.